The zero-order valence-electron chi connectivity index (χ0n) is 16.0. The van der Waals surface area contributed by atoms with E-state index in [-0.39, 0.29) is 11.7 Å². The van der Waals surface area contributed by atoms with Gasteiger partial charge in [0.1, 0.15) is 9.92 Å². The van der Waals surface area contributed by atoms with Crippen LogP contribution in [-0.4, -0.2) is 29.5 Å². The van der Waals surface area contributed by atoms with E-state index in [1.54, 1.807) is 30.0 Å². The molecule has 0 aliphatic carbocycles. The molecule has 2 heterocycles. The molecule has 0 radical (unpaired) electrons. The Morgan fingerprint density at radius 2 is 2.14 bits per heavy atom. The number of thioether (sulfide) groups is 1. The first-order chi connectivity index (χ1) is 13.5. The first-order valence-corrected chi connectivity index (χ1v) is 10.9. The number of nitrogens with zero attached hydrogens (tertiary/aromatic N) is 1. The van der Waals surface area contributed by atoms with Crippen molar-refractivity contribution in [3.05, 3.63) is 46.7 Å². The molecule has 3 aromatic rings. The number of fused-ring (bicyclic) bond motifs is 1. The van der Waals surface area contributed by atoms with Crippen molar-refractivity contribution >= 4 is 45.9 Å². The topological polar surface area (TPSA) is 81.4 Å². The SMILES string of the molecule is CCCNC(=O)[C@H](C)OC(=O)c1oc2ccccc2c1CSc1nc(C)cs1. The number of aryl methyl sites for hydroxylation is 1. The number of thiazole rings is 1. The van der Waals surface area contributed by atoms with Crippen molar-refractivity contribution in [2.75, 3.05) is 6.54 Å². The van der Waals surface area contributed by atoms with Crippen molar-refractivity contribution < 1.29 is 18.7 Å². The minimum absolute atomic E-state index is 0.136. The second-order valence-corrected chi connectivity index (χ2v) is 8.37. The van der Waals surface area contributed by atoms with Crippen LogP contribution in [0.3, 0.4) is 0 Å². The zero-order valence-corrected chi connectivity index (χ0v) is 17.6. The number of aromatic nitrogens is 1. The average Bonchev–Trinajstić information content (AvgIpc) is 3.27. The van der Waals surface area contributed by atoms with Crippen molar-refractivity contribution in [1.82, 2.24) is 10.3 Å². The van der Waals surface area contributed by atoms with Gasteiger partial charge >= 0.3 is 5.97 Å². The number of hydrogen-bond donors (Lipinski definition) is 1. The predicted octanol–water partition coefficient (Wildman–Crippen LogP) is 4.56. The highest BCUT2D eigenvalue weighted by Crippen LogP contribution is 2.33. The molecule has 148 valence electrons. The van der Waals surface area contributed by atoms with Crippen LogP contribution >= 0.6 is 23.1 Å². The Bertz CT molecular complexity index is 980. The van der Waals surface area contributed by atoms with Crippen LogP contribution in [0.25, 0.3) is 11.0 Å². The molecular weight excluding hydrogens is 396 g/mol. The Morgan fingerprint density at radius 3 is 2.86 bits per heavy atom. The average molecular weight is 419 g/mol. The van der Waals surface area contributed by atoms with E-state index in [1.165, 1.54) is 0 Å². The van der Waals surface area contributed by atoms with E-state index in [2.05, 4.69) is 10.3 Å². The van der Waals surface area contributed by atoms with E-state index in [0.29, 0.717) is 17.9 Å². The molecule has 1 aromatic carbocycles. The quantitative estimate of drug-likeness (QED) is 0.427. The van der Waals surface area contributed by atoms with Gasteiger partial charge in [-0.3, -0.25) is 4.79 Å². The molecule has 8 heteroatoms. The molecule has 0 bridgehead atoms. The first kappa shape index (κ1) is 20.4. The number of amides is 1. The molecule has 3 rings (SSSR count). The van der Waals surface area contributed by atoms with Gasteiger partial charge in [-0.25, -0.2) is 9.78 Å². The van der Waals surface area contributed by atoms with Crippen molar-refractivity contribution in [3.63, 3.8) is 0 Å². The van der Waals surface area contributed by atoms with Crippen molar-refractivity contribution in [2.24, 2.45) is 0 Å². The molecule has 2 aromatic heterocycles. The summed E-state index contributed by atoms with van der Waals surface area (Å²) in [7, 11) is 0. The third kappa shape index (κ3) is 4.74. The number of esters is 1. The van der Waals surface area contributed by atoms with Crippen LogP contribution in [-0.2, 0) is 15.3 Å². The molecule has 0 fully saturated rings. The highest BCUT2D eigenvalue weighted by atomic mass is 32.2. The number of carbonyl (C=O) groups is 2. The second-order valence-electron chi connectivity index (χ2n) is 6.29. The van der Waals surface area contributed by atoms with Gasteiger partial charge in [-0.05, 0) is 26.3 Å². The largest absolute Gasteiger partial charge is 0.449 e. The number of carbonyl (C=O) groups excluding carboxylic acids is 2. The fraction of sp³-hybridized carbons (Fsp3) is 0.350. The standard InChI is InChI=1S/C20H22N2O4S2/c1-4-9-21-18(23)13(3)25-19(24)17-15(11-28-20-22-12(2)10-27-20)14-7-5-6-8-16(14)26-17/h5-8,10,13H,4,9,11H2,1-3H3,(H,21,23)/t13-/m0/s1. The Balaban J connectivity index is 1.81. The maximum absolute atomic E-state index is 12.7. The Hall–Kier alpha value is -2.32. The molecule has 0 saturated heterocycles. The zero-order chi connectivity index (χ0) is 20.1. The fourth-order valence-corrected chi connectivity index (χ4v) is 4.48. The second kappa shape index (κ2) is 9.25. The van der Waals surface area contributed by atoms with Crippen LogP contribution in [0.1, 0.15) is 42.1 Å². The number of nitrogens with one attached hydrogen (secondary N) is 1. The lowest BCUT2D eigenvalue weighted by molar-refractivity contribution is -0.129. The van der Waals surface area contributed by atoms with Crippen molar-refractivity contribution in [1.29, 1.82) is 0 Å². The third-order valence-corrected chi connectivity index (χ3v) is 6.19. The van der Waals surface area contributed by atoms with Gasteiger partial charge in [0.15, 0.2) is 6.10 Å². The molecule has 0 spiro atoms. The van der Waals surface area contributed by atoms with Gasteiger partial charge in [-0.1, -0.05) is 36.9 Å². The van der Waals surface area contributed by atoms with Gasteiger partial charge in [-0.15, -0.1) is 11.3 Å². The molecule has 1 atom stereocenters. The highest BCUT2D eigenvalue weighted by Gasteiger charge is 2.26. The van der Waals surface area contributed by atoms with Crippen LogP contribution < -0.4 is 5.32 Å². The summed E-state index contributed by atoms with van der Waals surface area (Å²) in [6.45, 7) is 6.00. The Labute approximate surface area is 171 Å². The van der Waals surface area contributed by atoms with Crippen molar-refractivity contribution in [3.8, 4) is 0 Å². The van der Waals surface area contributed by atoms with E-state index in [0.717, 1.165) is 27.4 Å². The summed E-state index contributed by atoms with van der Waals surface area (Å²) in [4.78, 5) is 29.2. The van der Waals surface area contributed by atoms with Crippen LogP contribution in [0.2, 0.25) is 0 Å². The summed E-state index contributed by atoms with van der Waals surface area (Å²) in [5.41, 5.74) is 2.33. The van der Waals surface area contributed by atoms with E-state index < -0.39 is 12.1 Å². The monoisotopic (exact) mass is 418 g/mol. The molecule has 28 heavy (non-hydrogen) atoms. The van der Waals surface area contributed by atoms with Gasteiger partial charge in [0.2, 0.25) is 5.76 Å². The normalized spacial score (nSPS) is 12.1. The Morgan fingerprint density at radius 1 is 1.36 bits per heavy atom. The number of ether oxygens (including phenoxy) is 1. The predicted molar refractivity (Wildman–Crippen MR) is 111 cm³/mol. The summed E-state index contributed by atoms with van der Waals surface area (Å²) < 4.78 is 12.1. The maximum Gasteiger partial charge on any atom is 0.375 e. The van der Waals surface area contributed by atoms with Crippen LogP contribution in [0, 0.1) is 6.92 Å². The summed E-state index contributed by atoms with van der Waals surface area (Å²) in [6, 6.07) is 7.47. The van der Waals surface area contributed by atoms with Gasteiger partial charge < -0.3 is 14.5 Å². The maximum atomic E-state index is 12.7. The van der Waals surface area contributed by atoms with Crippen LogP contribution in [0.15, 0.2) is 38.4 Å². The first-order valence-electron chi connectivity index (χ1n) is 9.03. The minimum Gasteiger partial charge on any atom is -0.449 e. The highest BCUT2D eigenvalue weighted by molar-refractivity contribution is 8.00. The minimum atomic E-state index is -0.894. The lowest BCUT2D eigenvalue weighted by atomic mass is 10.1. The van der Waals surface area contributed by atoms with E-state index >= 15 is 0 Å². The van der Waals surface area contributed by atoms with E-state index in [9.17, 15) is 9.59 Å². The number of para-hydroxylation sites is 1. The molecular formula is C20H22N2O4S2. The van der Waals surface area contributed by atoms with E-state index in [4.69, 9.17) is 9.15 Å². The smallest absolute Gasteiger partial charge is 0.375 e. The van der Waals surface area contributed by atoms with Gasteiger partial charge in [0.05, 0.1) is 0 Å². The summed E-state index contributed by atoms with van der Waals surface area (Å²) in [5, 5.41) is 5.57. The molecule has 0 aliphatic rings. The number of furan rings is 1. The van der Waals surface area contributed by atoms with Gasteiger partial charge in [0.25, 0.3) is 5.91 Å². The molecule has 0 saturated carbocycles. The van der Waals surface area contributed by atoms with Gasteiger partial charge in [0, 0.05) is 34.3 Å². The molecule has 1 amide bonds. The van der Waals surface area contributed by atoms with E-state index in [1.807, 2.05) is 43.5 Å². The van der Waals surface area contributed by atoms with Gasteiger partial charge in [-0.2, -0.15) is 0 Å². The molecule has 0 unspecified atom stereocenters. The third-order valence-electron chi connectivity index (χ3n) is 4.02. The summed E-state index contributed by atoms with van der Waals surface area (Å²) in [6.07, 6.45) is -0.0810. The Kier molecular flexibility index (Phi) is 6.74. The number of rotatable bonds is 8. The number of hydrogen-bond acceptors (Lipinski definition) is 7. The van der Waals surface area contributed by atoms with Crippen LogP contribution in [0.4, 0.5) is 0 Å². The number of benzene rings is 1. The fourth-order valence-electron chi connectivity index (χ4n) is 2.60. The summed E-state index contributed by atoms with van der Waals surface area (Å²) >= 11 is 3.11. The lowest BCUT2D eigenvalue weighted by Crippen LogP contribution is -2.36. The molecule has 1 N–H and O–H groups in total. The van der Waals surface area contributed by atoms with Crippen LogP contribution in [0.5, 0.6) is 0 Å². The molecule has 6 nitrogen and oxygen atoms in total. The van der Waals surface area contributed by atoms with Crippen molar-refractivity contribution in [2.45, 2.75) is 43.4 Å². The lowest BCUT2D eigenvalue weighted by Gasteiger charge is -2.12. The molecule has 0 aliphatic heterocycles. The summed E-state index contributed by atoms with van der Waals surface area (Å²) in [5.74, 6) is -0.302.